The first-order valence-corrected chi connectivity index (χ1v) is 10.6. The van der Waals surface area contributed by atoms with Gasteiger partial charge in [0.25, 0.3) is 5.91 Å². The summed E-state index contributed by atoms with van der Waals surface area (Å²) in [5, 5.41) is 1.73. The van der Waals surface area contributed by atoms with E-state index >= 15 is 0 Å². The van der Waals surface area contributed by atoms with E-state index in [0.717, 1.165) is 33.6 Å². The largest absolute Gasteiger partial charge is 0.497 e. The SMILES string of the molecule is COc1ccc(N2C(=O)/C(=C/c3ccc4[nH]ccc4c3)S/C2=N\c2ccccc2)cc1. The Bertz CT molecular complexity index is 1310. The lowest BCUT2D eigenvalue weighted by atomic mass is 10.1. The highest BCUT2D eigenvalue weighted by Gasteiger charge is 2.34. The third-order valence-corrected chi connectivity index (χ3v) is 5.96. The fourth-order valence-electron chi connectivity index (χ4n) is 3.43. The van der Waals surface area contributed by atoms with Crippen LogP contribution >= 0.6 is 11.8 Å². The van der Waals surface area contributed by atoms with Crippen LogP contribution in [0.2, 0.25) is 0 Å². The number of para-hydroxylation sites is 1. The number of aromatic nitrogens is 1. The standard InChI is InChI=1S/C25H19N3O2S/c1-30-21-10-8-20(9-11-21)28-24(29)23(31-25(28)27-19-5-3-2-4-6-19)16-17-7-12-22-18(15-17)13-14-26-22/h2-16,26H,1H3/b23-16-,27-25-. The van der Waals surface area contributed by atoms with E-state index in [9.17, 15) is 4.79 Å². The highest BCUT2D eigenvalue weighted by molar-refractivity contribution is 8.19. The molecule has 31 heavy (non-hydrogen) atoms. The van der Waals surface area contributed by atoms with Gasteiger partial charge in [0.2, 0.25) is 0 Å². The number of hydrogen-bond acceptors (Lipinski definition) is 4. The van der Waals surface area contributed by atoms with Gasteiger partial charge in [0, 0.05) is 11.7 Å². The summed E-state index contributed by atoms with van der Waals surface area (Å²) >= 11 is 1.38. The van der Waals surface area contributed by atoms with Crippen molar-refractivity contribution < 1.29 is 9.53 Å². The molecule has 0 unspecified atom stereocenters. The van der Waals surface area contributed by atoms with E-state index < -0.39 is 0 Å². The highest BCUT2D eigenvalue weighted by Crippen LogP contribution is 2.38. The number of nitrogens with one attached hydrogen (secondary N) is 1. The van der Waals surface area contributed by atoms with Gasteiger partial charge in [-0.15, -0.1) is 0 Å². The molecule has 5 nitrogen and oxygen atoms in total. The number of aliphatic imine (C=N–C) groups is 1. The molecule has 0 saturated carbocycles. The zero-order valence-corrected chi connectivity index (χ0v) is 17.6. The number of carbonyl (C=O) groups is 1. The van der Waals surface area contributed by atoms with Crippen LogP contribution in [-0.2, 0) is 4.79 Å². The van der Waals surface area contributed by atoms with Crippen molar-refractivity contribution in [2.45, 2.75) is 0 Å². The van der Waals surface area contributed by atoms with Crippen molar-refractivity contribution in [2.75, 3.05) is 12.0 Å². The van der Waals surface area contributed by atoms with E-state index in [-0.39, 0.29) is 5.91 Å². The van der Waals surface area contributed by atoms with Crippen LogP contribution in [0.25, 0.3) is 17.0 Å². The lowest BCUT2D eigenvalue weighted by Crippen LogP contribution is -2.28. The van der Waals surface area contributed by atoms with Gasteiger partial charge in [-0.3, -0.25) is 9.69 Å². The van der Waals surface area contributed by atoms with Gasteiger partial charge in [-0.1, -0.05) is 24.3 Å². The normalized spacial score (nSPS) is 16.5. The quantitative estimate of drug-likeness (QED) is 0.409. The number of fused-ring (bicyclic) bond motifs is 1. The Kier molecular flexibility index (Phi) is 5.06. The first-order chi connectivity index (χ1) is 15.2. The van der Waals surface area contributed by atoms with Crippen molar-refractivity contribution in [3.8, 4) is 5.75 Å². The molecule has 2 heterocycles. The number of carbonyl (C=O) groups excluding carboxylic acids is 1. The molecule has 152 valence electrons. The third kappa shape index (κ3) is 3.85. The summed E-state index contributed by atoms with van der Waals surface area (Å²) < 4.78 is 5.26. The van der Waals surface area contributed by atoms with Crippen LogP contribution < -0.4 is 9.64 Å². The average Bonchev–Trinajstić information content (AvgIpc) is 3.39. The maximum Gasteiger partial charge on any atom is 0.271 e. The van der Waals surface area contributed by atoms with Gasteiger partial charge >= 0.3 is 0 Å². The number of methoxy groups -OCH3 is 1. The van der Waals surface area contributed by atoms with Crippen molar-refractivity contribution in [3.63, 3.8) is 0 Å². The Morgan fingerprint density at radius 2 is 1.81 bits per heavy atom. The van der Waals surface area contributed by atoms with Crippen LogP contribution in [0.3, 0.4) is 0 Å². The summed E-state index contributed by atoms with van der Waals surface area (Å²) in [6, 6.07) is 25.2. The molecule has 0 atom stereocenters. The summed E-state index contributed by atoms with van der Waals surface area (Å²) in [6.45, 7) is 0. The van der Waals surface area contributed by atoms with Gasteiger partial charge in [0.1, 0.15) is 5.75 Å². The first kappa shape index (κ1) is 19.2. The number of thioether (sulfide) groups is 1. The summed E-state index contributed by atoms with van der Waals surface area (Å²) in [5.74, 6) is 0.638. The predicted octanol–water partition coefficient (Wildman–Crippen LogP) is 5.99. The molecule has 4 aromatic rings. The van der Waals surface area contributed by atoms with Crippen molar-refractivity contribution in [1.29, 1.82) is 0 Å². The minimum absolute atomic E-state index is 0.0981. The molecule has 1 aliphatic rings. The van der Waals surface area contributed by atoms with Crippen LogP contribution in [0.5, 0.6) is 5.75 Å². The second kappa shape index (κ2) is 8.16. The van der Waals surface area contributed by atoms with Crippen molar-refractivity contribution in [1.82, 2.24) is 4.98 Å². The van der Waals surface area contributed by atoms with Gasteiger partial charge in [-0.05, 0) is 83.4 Å². The molecule has 1 saturated heterocycles. The lowest BCUT2D eigenvalue weighted by molar-refractivity contribution is -0.113. The molecule has 0 aliphatic carbocycles. The maximum atomic E-state index is 13.4. The van der Waals surface area contributed by atoms with E-state index in [2.05, 4.69) is 11.1 Å². The molecule has 1 aromatic heterocycles. The van der Waals surface area contributed by atoms with E-state index in [1.165, 1.54) is 11.8 Å². The van der Waals surface area contributed by atoms with Gasteiger partial charge in [0.05, 0.1) is 23.4 Å². The summed E-state index contributed by atoms with van der Waals surface area (Å²) in [4.78, 5) is 23.6. The molecule has 0 spiro atoms. The molecule has 1 N–H and O–H groups in total. The smallest absolute Gasteiger partial charge is 0.271 e. The van der Waals surface area contributed by atoms with Gasteiger partial charge in [-0.25, -0.2) is 4.99 Å². The van der Waals surface area contributed by atoms with Crippen molar-refractivity contribution in [2.24, 2.45) is 4.99 Å². The minimum atomic E-state index is -0.0981. The number of amidine groups is 1. The Morgan fingerprint density at radius 1 is 1.00 bits per heavy atom. The molecule has 1 aliphatic heterocycles. The number of hydrogen-bond donors (Lipinski definition) is 1. The average molecular weight is 426 g/mol. The lowest BCUT2D eigenvalue weighted by Gasteiger charge is -2.16. The number of rotatable bonds is 4. The number of aromatic amines is 1. The van der Waals surface area contributed by atoms with E-state index in [0.29, 0.717) is 10.1 Å². The molecule has 3 aromatic carbocycles. The fraction of sp³-hybridized carbons (Fsp3) is 0.0400. The number of benzene rings is 3. The topological polar surface area (TPSA) is 57.7 Å². The molecule has 1 amide bonds. The number of H-pyrrole nitrogens is 1. The van der Waals surface area contributed by atoms with E-state index in [4.69, 9.17) is 9.73 Å². The Balaban J connectivity index is 1.56. The number of amides is 1. The first-order valence-electron chi connectivity index (χ1n) is 9.80. The van der Waals surface area contributed by atoms with Gasteiger partial charge in [-0.2, -0.15) is 0 Å². The Labute approximate surface area is 184 Å². The van der Waals surface area contributed by atoms with Crippen LogP contribution in [0.15, 0.2) is 95.0 Å². The Morgan fingerprint density at radius 3 is 2.58 bits per heavy atom. The molecular weight excluding hydrogens is 406 g/mol. The third-order valence-electron chi connectivity index (χ3n) is 4.99. The summed E-state index contributed by atoms with van der Waals surface area (Å²) in [6.07, 6.45) is 3.83. The fourth-order valence-corrected chi connectivity index (χ4v) is 4.43. The Hall–Kier alpha value is -3.77. The minimum Gasteiger partial charge on any atom is -0.497 e. The second-order valence-electron chi connectivity index (χ2n) is 7.00. The van der Waals surface area contributed by atoms with E-state index in [1.807, 2.05) is 85.1 Å². The summed E-state index contributed by atoms with van der Waals surface area (Å²) in [7, 11) is 1.62. The van der Waals surface area contributed by atoms with Crippen LogP contribution in [-0.4, -0.2) is 23.2 Å². The molecule has 6 heteroatoms. The van der Waals surface area contributed by atoms with Crippen LogP contribution in [0.4, 0.5) is 11.4 Å². The monoisotopic (exact) mass is 425 g/mol. The second-order valence-corrected chi connectivity index (χ2v) is 8.01. The highest BCUT2D eigenvalue weighted by atomic mass is 32.2. The van der Waals surface area contributed by atoms with Crippen molar-refractivity contribution >= 4 is 51.2 Å². The van der Waals surface area contributed by atoms with Crippen molar-refractivity contribution in [3.05, 3.63) is 95.5 Å². The van der Waals surface area contributed by atoms with Gasteiger partial charge in [0.15, 0.2) is 5.17 Å². The number of anilines is 1. The molecular formula is C25H19N3O2S. The molecule has 5 rings (SSSR count). The molecule has 0 radical (unpaired) electrons. The van der Waals surface area contributed by atoms with Crippen LogP contribution in [0, 0.1) is 0 Å². The maximum absolute atomic E-state index is 13.4. The van der Waals surface area contributed by atoms with E-state index in [1.54, 1.807) is 12.0 Å². The van der Waals surface area contributed by atoms with Gasteiger partial charge < -0.3 is 9.72 Å². The summed E-state index contributed by atoms with van der Waals surface area (Å²) in [5.41, 5.74) is 3.58. The number of ether oxygens (including phenoxy) is 1. The molecule has 1 fully saturated rings. The van der Waals surface area contributed by atoms with Crippen LogP contribution in [0.1, 0.15) is 5.56 Å². The molecule has 0 bridgehead atoms. The number of nitrogens with zero attached hydrogens (tertiary/aromatic N) is 2. The predicted molar refractivity (Wildman–Crippen MR) is 128 cm³/mol. The zero-order valence-electron chi connectivity index (χ0n) is 16.8. The zero-order chi connectivity index (χ0) is 21.2.